The predicted molar refractivity (Wildman–Crippen MR) is 70.1 cm³/mol. The Morgan fingerprint density at radius 1 is 1.37 bits per heavy atom. The van der Waals surface area contributed by atoms with Gasteiger partial charge in [0.1, 0.15) is 5.75 Å². The minimum atomic E-state index is -4.53. The Bertz CT molecular complexity index is 456. The van der Waals surface area contributed by atoms with Gasteiger partial charge in [0.05, 0.1) is 10.0 Å². The van der Waals surface area contributed by atoms with Crippen molar-refractivity contribution in [2.45, 2.75) is 25.4 Å². The van der Waals surface area contributed by atoms with E-state index in [1.54, 1.807) is 6.07 Å². The summed E-state index contributed by atoms with van der Waals surface area (Å²) in [5, 5.41) is 12.7. The maximum Gasteiger partial charge on any atom is 0.420 e. The van der Waals surface area contributed by atoms with Crippen LogP contribution in [0.1, 0.15) is 24.0 Å². The van der Waals surface area contributed by atoms with Gasteiger partial charge in [-0.25, -0.2) is 0 Å². The molecule has 2 rings (SSSR count). The number of alkyl halides is 3. The van der Waals surface area contributed by atoms with E-state index < -0.39 is 17.5 Å². The van der Waals surface area contributed by atoms with Crippen molar-refractivity contribution in [3.63, 3.8) is 0 Å². The summed E-state index contributed by atoms with van der Waals surface area (Å²) in [5.41, 5.74) is -0.369. The van der Waals surface area contributed by atoms with Gasteiger partial charge in [-0.05, 0) is 71.9 Å². The van der Waals surface area contributed by atoms with E-state index in [-0.39, 0.29) is 4.47 Å². The number of hydrogen-bond donors (Lipinski definition) is 2. The molecule has 1 aromatic rings. The first-order chi connectivity index (χ1) is 8.88. The lowest BCUT2D eigenvalue weighted by molar-refractivity contribution is -0.138. The minimum Gasteiger partial charge on any atom is -0.506 e. The Labute approximate surface area is 118 Å². The van der Waals surface area contributed by atoms with Crippen LogP contribution in [0.2, 0.25) is 0 Å². The van der Waals surface area contributed by atoms with E-state index in [2.05, 4.69) is 21.2 Å². The molecule has 1 heterocycles. The van der Waals surface area contributed by atoms with Crippen molar-refractivity contribution in [2.75, 3.05) is 13.1 Å². The quantitative estimate of drug-likeness (QED) is 0.862. The van der Waals surface area contributed by atoms with E-state index in [1.807, 2.05) is 0 Å². The van der Waals surface area contributed by atoms with Crippen LogP contribution in [-0.4, -0.2) is 18.2 Å². The molecule has 1 aliphatic heterocycles. The van der Waals surface area contributed by atoms with E-state index in [0.717, 1.165) is 32.0 Å². The van der Waals surface area contributed by atoms with Crippen molar-refractivity contribution in [1.29, 1.82) is 0 Å². The van der Waals surface area contributed by atoms with E-state index >= 15 is 0 Å². The van der Waals surface area contributed by atoms with Crippen LogP contribution in [0, 0.1) is 5.92 Å². The molecule has 0 saturated carbocycles. The molecule has 0 aliphatic carbocycles. The fourth-order valence-electron chi connectivity index (χ4n) is 2.42. The van der Waals surface area contributed by atoms with Crippen LogP contribution >= 0.6 is 15.9 Å². The number of piperidine rings is 1. The fraction of sp³-hybridized carbons (Fsp3) is 0.538. The molecule has 1 unspecified atom stereocenters. The van der Waals surface area contributed by atoms with Gasteiger partial charge < -0.3 is 10.4 Å². The number of phenols is 1. The highest BCUT2D eigenvalue weighted by atomic mass is 79.9. The summed E-state index contributed by atoms with van der Waals surface area (Å²) in [7, 11) is 0. The zero-order valence-corrected chi connectivity index (χ0v) is 11.8. The molecule has 106 valence electrons. The molecule has 0 amide bonds. The smallest absolute Gasteiger partial charge is 0.420 e. The van der Waals surface area contributed by atoms with Gasteiger partial charge in [0.15, 0.2) is 0 Å². The number of rotatable bonds is 2. The van der Waals surface area contributed by atoms with Crippen LogP contribution < -0.4 is 5.32 Å². The Morgan fingerprint density at radius 2 is 2.11 bits per heavy atom. The molecule has 0 spiro atoms. The zero-order chi connectivity index (χ0) is 14.0. The molecule has 1 aliphatic rings. The third kappa shape index (κ3) is 3.63. The molecular formula is C13H15BrF3NO. The molecule has 1 atom stereocenters. The molecule has 2 nitrogen and oxygen atoms in total. The van der Waals surface area contributed by atoms with Gasteiger partial charge in [-0.15, -0.1) is 0 Å². The number of halogens is 4. The molecule has 1 aromatic carbocycles. The Kier molecular flexibility index (Phi) is 4.40. The Hall–Kier alpha value is -0.750. The summed E-state index contributed by atoms with van der Waals surface area (Å²) >= 11 is 2.99. The SMILES string of the molecule is Oc1c(Br)cc(CC2CCCNC2)cc1C(F)(F)F. The molecule has 0 aromatic heterocycles. The van der Waals surface area contributed by atoms with Gasteiger partial charge in [0, 0.05) is 0 Å². The largest absolute Gasteiger partial charge is 0.506 e. The first kappa shape index (κ1) is 14.7. The van der Waals surface area contributed by atoms with Crippen LogP contribution in [0.15, 0.2) is 16.6 Å². The molecule has 6 heteroatoms. The number of nitrogens with one attached hydrogen (secondary N) is 1. The van der Waals surface area contributed by atoms with Crippen molar-refractivity contribution in [1.82, 2.24) is 5.32 Å². The summed E-state index contributed by atoms with van der Waals surface area (Å²) in [6.07, 6.45) is -1.87. The topological polar surface area (TPSA) is 32.3 Å². The molecule has 19 heavy (non-hydrogen) atoms. The number of hydrogen-bond acceptors (Lipinski definition) is 2. The highest BCUT2D eigenvalue weighted by Crippen LogP contribution is 2.40. The molecule has 0 radical (unpaired) electrons. The van der Waals surface area contributed by atoms with E-state index in [9.17, 15) is 18.3 Å². The lowest BCUT2D eigenvalue weighted by Gasteiger charge is -2.23. The van der Waals surface area contributed by atoms with Gasteiger partial charge >= 0.3 is 6.18 Å². The summed E-state index contributed by atoms with van der Waals surface area (Å²) < 4.78 is 38.5. The average molecular weight is 338 g/mol. The maximum atomic E-state index is 12.8. The lowest BCUT2D eigenvalue weighted by atomic mass is 9.91. The molecule has 1 fully saturated rings. The summed E-state index contributed by atoms with van der Waals surface area (Å²) in [6.45, 7) is 1.81. The van der Waals surface area contributed by atoms with Crippen molar-refractivity contribution in [3.05, 3.63) is 27.7 Å². The van der Waals surface area contributed by atoms with E-state index in [1.165, 1.54) is 0 Å². The number of phenolic OH excluding ortho intramolecular Hbond substituents is 1. The monoisotopic (exact) mass is 337 g/mol. The van der Waals surface area contributed by atoms with Gasteiger partial charge in [0.25, 0.3) is 0 Å². The van der Waals surface area contributed by atoms with Crippen molar-refractivity contribution in [2.24, 2.45) is 5.92 Å². The van der Waals surface area contributed by atoms with Gasteiger partial charge in [-0.1, -0.05) is 0 Å². The van der Waals surface area contributed by atoms with Crippen LogP contribution in [0.4, 0.5) is 13.2 Å². The average Bonchev–Trinajstić information content (AvgIpc) is 2.33. The molecule has 1 saturated heterocycles. The third-order valence-corrected chi connectivity index (χ3v) is 3.96. The molecular weight excluding hydrogens is 323 g/mol. The number of aromatic hydroxyl groups is 1. The summed E-state index contributed by atoms with van der Waals surface area (Å²) in [6, 6.07) is 2.62. The number of benzene rings is 1. The first-order valence-electron chi connectivity index (χ1n) is 6.17. The second-order valence-electron chi connectivity index (χ2n) is 4.89. The fourth-order valence-corrected chi connectivity index (χ4v) is 2.93. The Morgan fingerprint density at radius 3 is 2.68 bits per heavy atom. The van der Waals surface area contributed by atoms with Gasteiger partial charge in [0.2, 0.25) is 0 Å². The normalized spacial score (nSPS) is 20.5. The lowest BCUT2D eigenvalue weighted by Crippen LogP contribution is -2.30. The molecule has 0 bridgehead atoms. The zero-order valence-electron chi connectivity index (χ0n) is 10.2. The second kappa shape index (κ2) is 5.71. The summed E-state index contributed by atoms with van der Waals surface area (Å²) in [5.74, 6) is -0.385. The van der Waals surface area contributed by atoms with Crippen molar-refractivity contribution in [3.8, 4) is 5.75 Å². The maximum absolute atomic E-state index is 12.8. The van der Waals surface area contributed by atoms with Gasteiger partial charge in [-0.3, -0.25) is 0 Å². The highest BCUT2D eigenvalue weighted by molar-refractivity contribution is 9.10. The minimum absolute atomic E-state index is 0.0982. The summed E-state index contributed by atoms with van der Waals surface area (Å²) in [4.78, 5) is 0. The first-order valence-corrected chi connectivity index (χ1v) is 6.96. The van der Waals surface area contributed by atoms with Crippen LogP contribution in [-0.2, 0) is 12.6 Å². The second-order valence-corrected chi connectivity index (χ2v) is 5.74. The van der Waals surface area contributed by atoms with Crippen LogP contribution in [0.3, 0.4) is 0 Å². The van der Waals surface area contributed by atoms with Crippen molar-refractivity contribution >= 4 is 15.9 Å². The highest BCUT2D eigenvalue weighted by Gasteiger charge is 2.35. The van der Waals surface area contributed by atoms with E-state index in [4.69, 9.17) is 0 Å². The molecule has 2 N–H and O–H groups in total. The standard InChI is InChI=1S/C13H15BrF3NO/c14-11-6-9(4-8-2-1-3-18-7-8)5-10(12(11)19)13(15,16)17/h5-6,8,18-19H,1-4,7H2. The van der Waals surface area contributed by atoms with E-state index in [0.29, 0.717) is 17.9 Å². The van der Waals surface area contributed by atoms with Crippen molar-refractivity contribution < 1.29 is 18.3 Å². The Balaban J connectivity index is 2.23. The van der Waals surface area contributed by atoms with Crippen LogP contribution in [0.25, 0.3) is 0 Å². The third-order valence-electron chi connectivity index (χ3n) is 3.35. The predicted octanol–water partition coefficient (Wildman–Crippen LogP) is 3.72. The van der Waals surface area contributed by atoms with Crippen LogP contribution in [0.5, 0.6) is 5.75 Å². The van der Waals surface area contributed by atoms with Gasteiger partial charge in [-0.2, -0.15) is 13.2 Å².